The molecule has 1 aromatic carbocycles. The van der Waals surface area contributed by atoms with Crippen molar-refractivity contribution < 1.29 is 9.22 Å². The van der Waals surface area contributed by atoms with Gasteiger partial charge in [0.2, 0.25) is 9.04 Å². The summed E-state index contributed by atoms with van der Waals surface area (Å²) >= 11 is 0. The SMILES string of the molecule is C[Si](C)OCCc1cccc2c1nc(C=O)n2C(C)(C)C. The Balaban J connectivity index is 2.46. The van der Waals surface area contributed by atoms with Gasteiger partial charge in [-0.3, -0.25) is 4.79 Å². The van der Waals surface area contributed by atoms with E-state index in [2.05, 4.69) is 44.9 Å². The second kappa shape index (κ2) is 6.11. The molecule has 0 spiro atoms. The number of fused-ring (bicyclic) bond motifs is 1. The number of carbonyl (C=O) groups excluding carboxylic acids is 1. The fourth-order valence-electron chi connectivity index (χ4n) is 2.53. The highest BCUT2D eigenvalue weighted by molar-refractivity contribution is 6.48. The predicted octanol–water partition coefficient (Wildman–Crippen LogP) is 3.41. The summed E-state index contributed by atoms with van der Waals surface area (Å²) in [6, 6.07) is 6.12. The summed E-state index contributed by atoms with van der Waals surface area (Å²) in [6.45, 7) is 11.2. The van der Waals surface area contributed by atoms with E-state index in [1.165, 1.54) is 0 Å². The Morgan fingerprint density at radius 3 is 2.62 bits per heavy atom. The number of nitrogens with zero attached hydrogens (tertiary/aromatic N) is 2. The van der Waals surface area contributed by atoms with Crippen LogP contribution >= 0.6 is 0 Å². The minimum absolute atomic E-state index is 0.177. The highest BCUT2D eigenvalue weighted by Gasteiger charge is 2.22. The maximum Gasteiger partial charge on any atom is 0.204 e. The van der Waals surface area contributed by atoms with Crippen LogP contribution in [0.25, 0.3) is 11.0 Å². The molecule has 2 rings (SSSR count). The molecular formula is C16H23N2O2Si. The third-order valence-electron chi connectivity index (χ3n) is 3.33. The lowest BCUT2D eigenvalue weighted by Gasteiger charge is -2.23. The molecule has 0 bridgehead atoms. The fourth-order valence-corrected chi connectivity index (χ4v) is 3.04. The summed E-state index contributed by atoms with van der Waals surface area (Å²) in [6.07, 6.45) is 1.66. The van der Waals surface area contributed by atoms with Crippen LogP contribution in [-0.4, -0.2) is 31.5 Å². The summed E-state index contributed by atoms with van der Waals surface area (Å²) in [5.41, 5.74) is 2.89. The van der Waals surface area contributed by atoms with Crippen molar-refractivity contribution in [3.63, 3.8) is 0 Å². The van der Waals surface area contributed by atoms with E-state index in [1.54, 1.807) is 0 Å². The number of carbonyl (C=O) groups is 1. The number of hydrogen-bond acceptors (Lipinski definition) is 3. The molecule has 0 saturated carbocycles. The van der Waals surface area contributed by atoms with E-state index in [1.807, 2.05) is 16.7 Å². The maximum atomic E-state index is 11.4. The van der Waals surface area contributed by atoms with Crippen molar-refractivity contribution in [2.75, 3.05) is 6.61 Å². The smallest absolute Gasteiger partial charge is 0.204 e. The molecule has 0 atom stereocenters. The molecule has 1 heterocycles. The Labute approximate surface area is 127 Å². The lowest BCUT2D eigenvalue weighted by molar-refractivity contribution is 0.110. The van der Waals surface area contributed by atoms with E-state index >= 15 is 0 Å². The van der Waals surface area contributed by atoms with Crippen LogP contribution in [0.5, 0.6) is 0 Å². The van der Waals surface area contributed by atoms with Crippen molar-refractivity contribution in [3.05, 3.63) is 29.6 Å². The largest absolute Gasteiger partial charge is 0.417 e. The summed E-state index contributed by atoms with van der Waals surface area (Å²) in [4.78, 5) is 15.9. The fraction of sp³-hybridized carbons (Fsp3) is 0.500. The van der Waals surface area contributed by atoms with Gasteiger partial charge in [-0.25, -0.2) is 4.98 Å². The molecule has 0 aliphatic rings. The lowest BCUT2D eigenvalue weighted by atomic mass is 10.1. The Hall–Kier alpha value is -1.46. The zero-order chi connectivity index (χ0) is 15.6. The Kier molecular flexibility index (Phi) is 4.63. The molecule has 21 heavy (non-hydrogen) atoms. The monoisotopic (exact) mass is 303 g/mol. The third-order valence-corrected chi connectivity index (χ3v) is 4.11. The van der Waals surface area contributed by atoms with E-state index in [0.29, 0.717) is 12.4 Å². The first-order valence-electron chi connectivity index (χ1n) is 7.23. The van der Waals surface area contributed by atoms with Crippen LogP contribution in [0, 0.1) is 0 Å². The van der Waals surface area contributed by atoms with E-state index in [4.69, 9.17) is 4.43 Å². The predicted molar refractivity (Wildman–Crippen MR) is 87.3 cm³/mol. The minimum Gasteiger partial charge on any atom is -0.417 e. The molecule has 5 heteroatoms. The summed E-state index contributed by atoms with van der Waals surface area (Å²) in [7, 11) is -0.669. The number of imidazole rings is 1. The van der Waals surface area contributed by atoms with E-state index in [9.17, 15) is 4.79 Å². The van der Waals surface area contributed by atoms with Crippen molar-refractivity contribution in [3.8, 4) is 0 Å². The molecule has 0 unspecified atom stereocenters. The highest BCUT2D eigenvalue weighted by Crippen LogP contribution is 2.26. The number of benzene rings is 1. The normalized spacial score (nSPS) is 12.3. The van der Waals surface area contributed by atoms with Gasteiger partial charge in [-0.15, -0.1) is 0 Å². The van der Waals surface area contributed by atoms with Crippen LogP contribution in [0.2, 0.25) is 13.1 Å². The molecule has 0 saturated heterocycles. The van der Waals surface area contributed by atoms with Gasteiger partial charge >= 0.3 is 0 Å². The summed E-state index contributed by atoms with van der Waals surface area (Å²) < 4.78 is 7.73. The first-order valence-corrected chi connectivity index (χ1v) is 9.64. The molecule has 0 amide bonds. The molecule has 1 aromatic heterocycles. The zero-order valence-electron chi connectivity index (χ0n) is 13.4. The van der Waals surface area contributed by atoms with Gasteiger partial charge in [0.1, 0.15) is 0 Å². The van der Waals surface area contributed by atoms with E-state index in [-0.39, 0.29) is 5.54 Å². The van der Waals surface area contributed by atoms with Crippen molar-refractivity contribution in [2.45, 2.75) is 45.8 Å². The molecule has 0 fully saturated rings. The summed E-state index contributed by atoms with van der Waals surface area (Å²) in [5.74, 6) is 0.488. The number of aldehydes is 1. The van der Waals surface area contributed by atoms with Crippen LogP contribution in [0.15, 0.2) is 18.2 Å². The molecule has 2 aromatic rings. The van der Waals surface area contributed by atoms with Gasteiger partial charge in [-0.05, 0) is 51.9 Å². The third kappa shape index (κ3) is 3.41. The van der Waals surface area contributed by atoms with Gasteiger partial charge in [0.15, 0.2) is 12.1 Å². The van der Waals surface area contributed by atoms with Gasteiger partial charge in [0.25, 0.3) is 0 Å². The Morgan fingerprint density at radius 1 is 1.33 bits per heavy atom. The second-order valence-electron chi connectivity index (χ2n) is 6.39. The molecule has 0 N–H and O–H groups in total. The number of aromatic nitrogens is 2. The number of hydrogen-bond donors (Lipinski definition) is 0. The molecule has 4 nitrogen and oxygen atoms in total. The molecule has 113 valence electrons. The molecular weight excluding hydrogens is 280 g/mol. The first kappa shape index (κ1) is 15.9. The Morgan fingerprint density at radius 2 is 2.05 bits per heavy atom. The topological polar surface area (TPSA) is 44.1 Å². The second-order valence-corrected chi connectivity index (χ2v) is 8.49. The number of para-hydroxylation sites is 1. The van der Waals surface area contributed by atoms with Crippen molar-refractivity contribution in [1.29, 1.82) is 0 Å². The molecule has 0 aliphatic heterocycles. The highest BCUT2D eigenvalue weighted by atomic mass is 28.3. The van der Waals surface area contributed by atoms with Crippen LogP contribution < -0.4 is 0 Å². The quantitative estimate of drug-likeness (QED) is 0.628. The van der Waals surface area contributed by atoms with Gasteiger partial charge in [0.05, 0.1) is 11.0 Å². The standard InChI is InChI=1S/C16H23N2O2Si/c1-16(2,3)18-13-8-6-7-12(9-10-20-21(4)5)15(13)17-14(18)11-19/h6-8,11H,9-10H2,1-5H3. The Bertz CT molecular complexity index is 641. The zero-order valence-corrected chi connectivity index (χ0v) is 14.4. The van der Waals surface area contributed by atoms with Gasteiger partial charge in [-0.2, -0.15) is 0 Å². The molecule has 1 radical (unpaired) electrons. The van der Waals surface area contributed by atoms with Crippen molar-refractivity contribution in [2.24, 2.45) is 0 Å². The molecule has 0 aliphatic carbocycles. The first-order chi connectivity index (χ1) is 9.84. The van der Waals surface area contributed by atoms with Crippen LogP contribution in [0.3, 0.4) is 0 Å². The van der Waals surface area contributed by atoms with Crippen molar-refractivity contribution in [1.82, 2.24) is 9.55 Å². The van der Waals surface area contributed by atoms with E-state index in [0.717, 1.165) is 29.3 Å². The van der Waals surface area contributed by atoms with Crippen molar-refractivity contribution >= 4 is 26.4 Å². The van der Waals surface area contributed by atoms with Gasteiger partial charge in [-0.1, -0.05) is 12.1 Å². The van der Waals surface area contributed by atoms with Gasteiger partial charge < -0.3 is 8.99 Å². The lowest BCUT2D eigenvalue weighted by Crippen LogP contribution is -2.23. The average molecular weight is 303 g/mol. The van der Waals surface area contributed by atoms with Gasteiger partial charge in [0, 0.05) is 12.1 Å². The van der Waals surface area contributed by atoms with Crippen LogP contribution in [-0.2, 0) is 16.4 Å². The number of rotatable bonds is 5. The minimum atomic E-state index is -0.669. The van der Waals surface area contributed by atoms with Crippen LogP contribution in [0.4, 0.5) is 0 Å². The average Bonchev–Trinajstić information content (AvgIpc) is 2.77. The van der Waals surface area contributed by atoms with E-state index < -0.39 is 9.04 Å². The van der Waals surface area contributed by atoms with Crippen LogP contribution in [0.1, 0.15) is 37.0 Å². The maximum absolute atomic E-state index is 11.4. The summed E-state index contributed by atoms with van der Waals surface area (Å²) in [5, 5.41) is 0.